The Morgan fingerprint density at radius 3 is 2.37 bits per heavy atom. The zero-order valence-electron chi connectivity index (χ0n) is 26.6. The number of nitrogens with one attached hydrogen (secondary N) is 2. The highest BCUT2D eigenvalue weighted by atomic mass is 35.5. The molecule has 1 saturated carbocycles. The lowest BCUT2D eigenvalue weighted by Gasteiger charge is -2.31. The van der Waals surface area contributed by atoms with Crippen LogP contribution >= 0.6 is 11.6 Å². The highest BCUT2D eigenvalue weighted by Crippen LogP contribution is 2.42. The molecule has 3 amide bonds. The van der Waals surface area contributed by atoms with Crippen LogP contribution in [0.4, 0.5) is 22.4 Å². The maximum atomic E-state index is 14.6. The molecule has 15 heteroatoms. The molecule has 4 atom stereocenters. The molecule has 2 aliphatic rings. The summed E-state index contributed by atoms with van der Waals surface area (Å²) in [7, 11) is 0. The standard InChI is InChI=1S/C31H40ClF4N5O5/c1-16-11-20(33)12-21(26(16)32)27-23(45-15-17(2)37-28(43)18(3)38-29(44)46-30(4,5)6)9-10-40(27)25(42)14-41-24(31(34,35)36)13-22(39-41)19-7-8-19/h11-13,17-19,23,27H,7-10,14-15H2,1-6H3,(H,37,43)(H,38,44)/t17-,18?,23-,27-/m1/s1. The largest absolute Gasteiger partial charge is 0.444 e. The maximum Gasteiger partial charge on any atom is 0.433 e. The number of hydrogen-bond donors (Lipinski definition) is 2. The van der Waals surface area contributed by atoms with E-state index >= 15 is 0 Å². The third-order valence-corrected chi connectivity index (χ3v) is 8.19. The van der Waals surface area contributed by atoms with Crippen molar-refractivity contribution < 1.29 is 41.4 Å². The molecule has 2 N–H and O–H groups in total. The Bertz CT molecular complexity index is 1460. The molecule has 10 nitrogen and oxygen atoms in total. The van der Waals surface area contributed by atoms with Crippen LogP contribution in [0.5, 0.6) is 0 Å². The van der Waals surface area contributed by atoms with Crippen molar-refractivity contribution >= 4 is 29.5 Å². The van der Waals surface area contributed by atoms with Crippen LogP contribution in [-0.4, -0.2) is 69.5 Å². The molecular weight excluding hydrogens is 634 g/mol. The molecule has 0 radical (unpaired) electrons. The van der Waals surface area contributed by atoms with Crippen molar-refractivity contribution in [2.24, 2.45) is 0 Å². The number of benzene rings is 1. The Balaban J connectivity index is 1.48. The monoisotopic (exact) mass is 673 g/mol. The number of aryl methyl sites for hydroxylation is 1. The summed E-state index contributed by atoms with van der Waals surface area (Å²) in [6.45, 7) is 9.28. The number of amides is 3. The number of carbonyl (C=O) groups is 3. The summed E-state index contributed by atoms with van der Waals surface area (Å²) < 4.78 is 68.1. The minimum Gasteiger partial charge on any atom is -0.444 e. The smallest absolute Gasteiger partial charge is 0.433 e. The number of likely N-dealkylation sites (tertiary alicyclic amines) is 1. The first-order valence-electron chi connectivity index (χ1n) is 15.2. The Morgan fingerprint density at radius 1 is 1.09 bits per heavy atom. The molecule has 2 fully saturated rings. The van der Waals surface area contributed by atoms with Gasteiger partial charge in [-0.25, -0.2) is 9.18 Å². The topological polar surface area (TPSA) is 115 Å². The molecule has 0 spiro atoms. The fourth-order valence-electron chi connectivity index (χ4n) is 5.36. The molecule has 1 aliphatic carbocycles. The molecule has 1 aromatic heterocycles. The van der Waals surface area contributed by atoms with Gasteiger partial charge in [0.15, 0.2) is 0 Å². The summed E-state index contributed by atoms with van der Waals surface area (Å²) in [5, 5.41) is 9.51. The van der Waals surface area contributed by atoms with Gasteiger partial charge in [-0.15, -0.1) is 0 Å². The molecule has 1 unspecified atom stereocenters. The quantitative estimate of drug-likeness (QED) is 0.315. The number of hydrogen-bond acceptors (Lipinski definition) is 6. The molecule has 1 saturated heterocycles. The van der Waals surface area contributed by atoms with E-state index in [2.05, 4.69) is 15.7 Å². The van der Waals surface area contributed by atoms with Crippen LogP contribution in [0.25, 0.3) is 0 Å². The number of alkyl halides is 3. The van der Waals surface area contributed by atoms with Crippen LogP contribution in [-0.2, 0) is 31.8 Å². The molecular formula is C31H40ClF4N5O5. The number of rotatable bonds is 10. The Kier molecular flexibility index (Phi) is 10.6. The molecule has 4 rings (SSSR count). The zero-order chi connectivity index (χ0) is 34.1. The first-order chi connectivity index (χ1) is 21.3. The van der Waals surface area contributed by atoms with Gasteiger partial charge >= 0.3 is 12.3 Å². The Labute approximate surface area is 270 Å². The van der Waals surface area contributed by atoms with Crippen molar-refractivity contribution in [3.63, 3.8) is 0 Å². The minimum atomic E-state index is -4.71. The van der Waals surface area contributed by atoms with Gasteiger partial charge in [0.2, 0.25) is 11.8 Å². The average molecular weight is 674 g/mol. The summed E-state index contributed by atoms with van der Waals surface area (Å²) in [6.07, 6.45) is -4.42. The molecule has 1 aliphatic heterocycles. The van der Waals surface area contributed by atoms with E-state index in [1.54, 1.807) is 34.6 Å². The number of carbonyl (C=O) groups excluding carboxylic acids is 3. The molecule has 46 heavy (non-hydrogen) atoms. The molecule has 2 aromatic rings. The van der Waals surface area contributed by atoms with E-state index in [0.717, 1.165) is 18.9 Å². The van der Waals surface area contributed by atoms with Gasteiger partial charge in [-0.2, -0.15) is 18.3 Å². The molecule has 2 heterocycles. The maximum absolute atomic E-state index is 14.6. The second kappa shape index (κ2) is 13.8. The third-order valence-electron chi connectivity index (χ3n) is 7.67. The fraction of sp³-hybridized carbons (Fsp3) is 0.613. The zero-order valence-corrected chi connectivity index (χ0v) is 27.4. The molecule has 0 bridgehead atoms. The summed E-state index contributed by atoms with van der Waals surface area (Å²) in [6, 6.07) is 1.04. The third kappa shape index (κ3) is 8.90. The van der Waals surface area contributed by atoms with E-state index in [0.29, 0.717) is 15.9 Å². The van der Waals surface area contributed by atoms with Gasteiger partial charge in [-0.1, -0.05) is 11.6 Å². The number of alkyl carbamates (subject to hydrolysis) is 1. The van der Waals surface area contributed by atoms with Gasteiger partial charge in [-0.05, 0) is 90.1 Å². The normalized spacial score (nSPS) is 19.9. The summed E-state index contributed by atoms with van der Waals surface area (Å²) in [5.74, 6) is -1.80. The van der Waals surface area contributed by atoms with Crippen LogP contribution in [0.15, 0.2) is 18.2 Å². The first kappa shape index (κ1) is 35.5. The SMILES string of the molecule is Cc1cc(F)cc([C@@H]2[C@H](OC[C@@H](C)NC(=O)C(C)NC(=O)OC(C)(C)C)CCN2C(=O)Cn2nc(C3CC3)cc2C(F)(F)F)c1Cl. The number of aromatic nitrogens is 2. The van der Waals surface area contributed by atoms with Gasteiger partial charge in [0.25, 0.3) is 0 Å². The lowest BCUT2D eigenvalue weighted by Crippen LogP contribution is -2.49. The summed E-state index contributed by atoms with van der Waals surface area (Å²) in [4.78, 5) is 39.7. The van der Waals surface area contributed by atoms with Crippen molar-refractivity contribution in [2.75, 3.05) is 13.2 Å². The predicted octanol–water partition coefficient (Wildman–Crippen LogP) is 5.66. The number of ether oxygens (including phenoxy) is 2. The van der Waals surface area contributed by atoms with E-state index in [1.165, 1.54) is 24.0 Å². The molecule has 1 aromatic carbocycles. The highest BCUT2D eigenvalue weighted by molar-refractivity contribution is 6.32. The number of nitrogens with zero attached hydrogens (tertiary/aromatic N) is 3. The summed E-state index contributed by atoms with van der Waals surface area (Å²) in [5.41, 5.74) is -0.768. The second-order valence-corrected chi connectivity index (χ2v) is 13.4. The van der Waals surface area contributed by atoms with Crippen LogP contribution in [0, 0.1) is 12.7 Å². The van der Waals surface area contributed by atoms with Crippen molar-refractivity contribution in [2.45, 2.75) is 109 Å². The van der Waals surface area contributed by atoms with Crippen molar-refractivity contribution in [1.29, 1.82) is 0 Å². The van der Waals surface area contributed by atoms with Gasteiger partial charge in [-0.3, -0.25) is 14.3 Å². The first-order valence-corrected chi connectivity index (χ1v) is 15.5. The average Bonchev–Trinajstić information content (AvgIpc) is 3.54. The second-order valence-electron chi connectivity index (χ2n) is 13.0. The minimum absolute atomic E-state index is 0.0257. The van der Waals surface area contributed by atoms with Gasteiger partial charge in [0, 0.05) is 23.5 Å². The predicted molar refractivity (Wildman–Crippen MR) is 161 cm³/mol. The van der Waals surface area contributed by atoms with Gasteiger partial charge < -0.3 is 25.0 Å². The van der Waals surface area contributed by atoms with Gasteiger partial charge in [0.05, 0.1) is 24.4 Å². The van der Waals surface area contributed by atoms with Crippen molar-refractivity contribution in [3.8, 4) is 0 Å². The van der Waals surface area contributed by atoms with E-state index < -0.39 is 72.0 Å². The number of halogens is 5. The van der Waals surface area contributed by atoms with Crippen LogP contribution < -0.4 is 10.6 Å². The van der Waals surface area contributed by atoms with Crippen molar-refractivity contribution in [3.05, 3.63) is 51.6 Å². The van der Waals surface area contributed by atoms with Crippen LogP contribution in [0.1, 0.15) is 88.4 Å². The van der Waals surface area contributed by atoms with E-state index in [9.17, 15) is 31.9 Å². The Morgan fingerprint density at radius 2 is 1.76 bits per heavy atom. The van der Waals surface area contributed by atoms with Crippen molar-refractivity contribution in [1.82, 2.24) is 25.3 Å². The van der Waals surface area contributed by atoms with E-state index in [-0.39, 0.29) is 36.1 Å². The fourth-order valence-corrected chi connectivity index (χ4v) is 5.58. The van der Waals surface area contributed by atoms with Crippen LogP contribution in [0.2, 0.25) is 5.02 Å². The van der Waals surface area contributed by atoms with Crippen LogP contribution in [0.3, 0.4) is 0 Å². The van der Waals surface area contributed by atoms with E-state index in [4.69, 9.17) is 21.1 Å². The van der Waals surface area contributed by atoms with E-state index in [1.807, 2.05) is 0 Å². The van der Waals surface area contributed by atoms with Gasteiger partial charge in [0.1, 0.15) is 29.7 Å². The lowest BCUT2D eigenvalue weighted by molar-refractivity contribution is -0.146. The summed E-state index contributed by atoms with van der Waals surface area (Å²) >= 11 is 6.59. The lowest BCUT2D eigenvalue weighted by atomic mass is 9.99. The highest BCUT2D eigenvalue weighted by Gasteiger charge is 2.43. The Hall–Kier alpha value is -3.39. The molecule has 254 valence electrons.